The molecule has 0 radical (unpaired) electrons. The number of hydrogen-bond donors (Lipinski definition) is 0. The van der Waals surface area contributed by atoms with Gasteiger partial charge >= 0.3 is 0 Å². The molecule has 0 saturated heterocycles. The predicted octanol–water partition coefficient (Wildman–Crippen LogP) is 4.41. The largest absolute Gasteiger partial charge is 0.346 e. The fourth-order valence-electron chi connectivity index (χ4n) is 1.84. The Hall–Kier alpha value is -0.470. The Morgan fingerprint density at radius 2 is 1.43 bits per heavy atom. The highest BCUT2D eigenvalue weighted by atomic mass is 79.9. The van der Waals surface area contributed by atoms with E-state index in [2.05, 4.69) is 15.9 Å². The summed E-state index contributed by atoms with van der Waals surface area (Å²) in [7, 11) is -3.82. The Kier molecular flexibility index (Phi) is 7.67. The van der Waals surface area contributed by atoms with E-state index in [0.29, 0.717) is 10.0 Å². The van der Waals surface area contributed by atoms with Crippen molar-refractivity contribution < 1.29 is 22.1 Å². The average Bonchev–Trinajstić information content (AvgIpc) is 2.35. The van der Waals surface area contributed by atoms with E-state index in [1.807, 2.05) is 27.7 Å². The molecule has 23 heavy (non-hydrogen) atoms. The van der Waals surface area contributed by atoms with Gasteiger partial charge in [-0.2, -0.15) is 8.42 Å². The van der Waals surface area contributed by atoms with Gasteiger partial charge in [-0.3, -0.25) is 4.18 Å². The van der Waals surface area contributed by atoms with Gasteiger partial charge in [-0.05, 0) is 59.7 Å². The molecule has 0 aliphatic carbocycles. The van der Waals surface area contributed by atoms with E-state index in [4.69, 9.17) is 13.7 Å². The van der Waals surface area contributed by atoms with Crippen LogP contribution in [0.3, 0.4) is 0 Å². The van der Waals surface area contributed by atoms with Crippen LogP contribution >= 0.6 is 15.9 Å². The van der Waals surface area contributed by atoms with Crippen molar-refractivity contribution in [1.82, 2.24) is 0 Å². The van der Waals surface area contributed by atoms with Crippen molar-refractivity contribution in [3.05, 3.63) is 28.2 Å². The summed E-state index contributed by atoms with van der Waals surface area (Å²) in [5.74, 6) is 0. The predicted molar refractivity (Wildman–Crippen MR) is 92.7 cm³/mol. The highest BCUT2D eigenvalue weighted by Gasteiger charge is 2.24. The molecule has 0 aromatic heterocycles. The lowest BCUT2D eigenvalue weighted by molar-refractivity contribution is -0.186. The molecule has 0 unspecified atom stereocenters. The van der Waals surface area contributed by atoms with Crippen molar-refractivity contribution in [3.8, 4) is 0 Å². The lowest BCUT2D eigenvalue weighted by Gasteiger charge is -2.24. The van der Waals surface area contributed by atoms with Crippen LogP contribution in [0.2, 0.25) is 0 Å². The number of halogens is 1. The summed E-state index contributed by atoms with van der Waals surface area (Å²) in [6.45, 7) is 10.9. The van der Waals surface area contributed by atoms with Crippen LogP contribution in [0.5, 0.6) is 0 Å². The molecule has 132 valence electrons. The van der Waals surface area contributed by atoms with Crippen LogP contribution in [0.25, 0.3) is 0 Å². The zero-order chi connectivity index (χ0) is 17.8. The van der Waals surface area contributed by atoms with Gasteiger partial charge in [-0.25, -0.2) is 0 Å². The maximum Gasteiger partial charge on any atom is 0.297 e. The summed E-state index contributed by atoms with van der Waals surface area (Å²) in [5, 5.41) is 0. The molecule has 5 nitrogen and oxygen atoms in total. The highest BCUT2D eigenvalue weighted by molar-refractivity contribution is 9.10. The van der Waals surface area contributed by atoms with Gasteiger partial charge < -0.3 is 9.47 Å². The van der Waals surface area contributed by atoms with Gasteiger partial charge in [0, 0.05) is 10.0 Å². The molecule has 0 fully saturated rings. The van der Waals surface area contributed by atoms with Gasteiger partial charge in [0.15, 0.2) is 6.29 Å². The molecular formula is C16H25BrO5S. The Bertz CT molecular complexity index is 601. The van der Waals surface area contributed by atoms with E-state index < -0.39 is 22.5 Å². The first-order chi connectivity index (χ1) is 10.5. The number of ether oxygens (including phenoxy) is 2. The molecule has 0 amide bonds. The first kappa shape index (κ1) is 20.6. The molecule has 7 heteroatoms. The first-order valence-corrected chi connectivity index (χ1v) is 9.76. The molecular weight excluding hydrogens is 384 g/mol. The molecule has 0 atom stereocenters. The summed E-state index contributed by atoms with van der Waals surface area (Å²) in [5.41, 5.74) is 0.612. The first-order valence-electron chi connectivity index (χ1n) is 7.56. The van der Waals surface area contributed by atoms with Crippen LogP contribution in [0.1, 0.15) is 53.4 Å². The molecule has 0 saturated carbocycles. The second-order valence-electron chi connectivity index (χ2n) is 5.98. The zero-order valence-corrected chi connectivity index (χ0v) is 16.8. The third-order valence-electron chi connectivity index (χ3n) is 2.62. The number of rotatable bonds is 8. The maximum absolute atomic E-state index is 12.3. The molecule has 0 heterocycles. The minimum absolute atomic E-state index is 0.0715. The standard InChI is InChI=1S/C16H25BrO5S/c1-10(2)20-16(21-11(3)4)14-9-13(7-8-15(14)17)23(18,19)22-12(5)6/h7-12,16H,1-6H3. The van der Waals surface area contributed by atoms with Crippen molar-refractivity contribution in [2.75, 3.05) is 0 Å². The molecule has 0 aliphatic rings. The van der Waals surface area contributed by atoms with Gasteiger partial charge in [-0.1, -0.05) is 15.9 Å². The van der Waals surface area contributed by atoms with Crippen LogP contribution in [0, 0.1) is 0 Å². The van der Waals surface area contributed by atoms with E-state index in [1.54, 1.807) is 19.9 Å². The fourth-order valence-corrected chi connectivity index (χ4v) is 3.40. The van der Waals surface area contributed by atoms with E-state index in [-0.39, 0.29) is 17.1 Å². The molecule has 0 N–H and O–H groups in total. The molecule has 1 aromatic rings. The Morgan fingerprint density at radius 3 is 1.87 bits per heavy atom. The molecule has 0 bridgehead atoms. The minimum Gasteiger partial charge on any atom is -0.346 e. The Morgan fingerprint density at radius 1 is 0.913 bits per heavy atom. The van der Waals surface area contributed by atoms with E-state index in [1.165, 1.54) is 12.1 Å². The van der Waals surface area contributed by atoms with Crippen molar-refractivity contribution in [2.45, 2.75) is 71.0 Å². The van der Waals surface area contributed by atoms with Crippen LogP contribution in [-0.2, 0) is 23.8 Å². The quantitative estimate of drug-likeness (QED) is 0.470. The van der Waals surface area contributed by atoms with Gasteiger partial charge in [0.25, 0.3) is 10.1 Å². The Labute approximate surface area is 147 Å². The normalized spacial score (nSPS) is 12.8. The Balaban J connectivity index is 3.26. The summed E-state index contributed by atoms with van der Waals surface area (Å²) in [6, 6.07) is 4.68. The number of benzene rings is 1. The highest BCUT2D eigenvalue weighted by Crippen LogP contribution is 2.32. The summed E-state index contributed by atoms with van der Waals surface area (Å²) < 4.78 is 41.8. The van der Waals surface area contributed by atoms with Crippen molar-refractivity contribution in [3.63, 3.8) is 0 Å². The molecule has 1 aromatic carbocycles. The van der Waals surface area contributed by atoms with Gasteiger partial charge in [0.05, 0.1) is 23.2 Å². The maximum atomic E-state index is 12.3. The fraction of sp³-hybridized carbons (Fsp3) is 0.625. The van der Waals surface area contributed by atoms with E-state index in [0.717, 1.165) is 0 Å². The number of hydrogen-bond acceptors (Lipinski definition) is 5. The van der Waals surface area contributed by atoms with Gasteiger partial charge in [0.2, 0.25) is 0 Å². The van der Waals surface area contributed by atoms with Crippen molar-refractivity contribution in [2.24, 2.45) is 0 Å². The van der Waals surface area contributed by atoms with Crippen LogP contribution < -0.4 is 0 Å². The summed E-state index contributed by atoms with van der Waals surface area (Å²) in [4.78, 5) is 0.0779. The second-order valence-corrected chi connectivity index (χ2v) is 8.41. The minimum atomic E-state index is -3.82. The van der Waals surface area contributed by atoms with Crippen LogP contribution in [0.4, 0.5) is 0 Å². The van der Waals surface area contributed by atoms with Crippen molar-refractivity contribution in [1.29, 1.82) is 0 Å². The van der Waals surface area contributed by atoms with Crippen molar-refractivity contribution >= 4 is 26.0 Å². The second kappa shape index (κ2) is 8.58. The van der Waals surface area contributed by atoms with Crippen LogP contribution in [-0.4, -0.2) is 26.7 Å². The lowest BCUT2D eigenvalue weighted by atomic mass is 10.2. The molecule has 0 spiro atoms. The summed E-state index contributed by atoms with van der Waals surface area (Å²) >= 11 is 3.43. The summed E-state index contributed by atoms with van der Waals surface area (Å²) in [6.07, 6.45) is -1.24. The molecule has 0 aliphatic heterocycles. The zero-order valence-electron chi connectivity index (χ0n) is 14.4. The van der Waals surface area contributed by atoms with E-state index in [9.17, 15) is 8.42 Å². The monoisotopic (exact) mass is 408 g/mol. The third-order valence-corrected chi connectivity index (χ3v) is 4.81. The third kappa shape index (κ3) is 6.51. The smallest absolute Gasteiger partial charge is 0.297 e. The SMILES string of the molecule is CC(C)OC(OC(C)C)c1cc(S(=O)(=O)OC(C)C)ccc1Br. The van der Waals surface area contributed by atoms with Gasteiger partial charge in [-0.15, -0.1) is 0 Å². The van der Waals surface area contributed by atoms with E-state index >= 15 is 0 Å². The average molecular weight is 409 g/mol. The van der Waals surface area contributed by atoms with Crippen LogP contribution in [0.15, 0.2) is 27.6 Å². The molecule has 1 rings (SSSR count). The topological polar surface area (TPSA) is 61.8 Å². The lowest BCUT2D eigenvalue weighted by Crippen LogP contribution is -2.19. The van der Waals surface area contributed by atoms with Gasteiger partial charge in [0.1, 0.15) is 0 Å².